The highest BCUT2D eigenvalue weighted by Gasteiger charge is 2.15. The Morgan fingerprint density at radius 2 is 1.90 bits per heavy atom. The fourth-order valence-corrected chi connectivity index (χ4v) is 2.81. The summed E-state index contributed by atoms with van der Waals surface area (Å²) in [6.07, 6.45) is 3.62. The summed E-state index contributed by atoms with van der Waals surface area (Å²) >= 11 is 1.51. The molecule has 1 atom stereocenters. The van der Waals surface area contributed by atoms with Gasteiger partial charge in [0.2, 0.25) is 0 Å². The molecule has 2 N–H and O–H groups in total. The Bertz CT molecular complexity index is 709. The van der Waals surface area contributed by atoms with Crippen molar-refractivity contribution in [3.05, 3.63) is 64.9 Å². The topological polar surface area (TPSA) is 64.7 Å². The number of nitrogens with zero attached hydrogens (tertiary/aromatic N) is 3. The van der Waals surface area contributed by atoms with E-state index in [2.05, 4.69) is 15.2 Å². The summed E-state index contributed by atoms with van der Waals surface area (Å²) in [5, 5.41) is 10.1. The molecule has 1 aromatic carbocycles. The van der Waals surface area contributed by atoms with E-state index in [0.29, 0.717) is 0 Å². The van der Waals surface area contributed by atoms with Gasteiger partial charge in [0.05, 0.1) is 6.04 Å². The van der Waals surface area contributed by atoms with E-state index in [1.807, 2.05) is 49.5 Å². The summed E-state index contributed by atoms with van der Waals surface area (Å²) in [6, 6.07) is 11.7. The molecule has 2 heterocycles. The van der Waals surface area contributed by atoms with E-state index in [-0.39, 0.29) is 6.04 Å². The molecule has 0 radical (unpaired) electrons. The highest BCUT2D eigenvalue weighted by Crippen LogP contribution is 2.28. The average Bonchev–Trinajstić information content (AvgIpc) is 2.97. The quantitative estimate of drug-likeness (QED) is 0.802. The van der Waals surface area contributed by atoms with Crippen LogP contribution < -0.4 is 5.73 Å². The van der Waals surface area contributed by atoms with Gasteiger partial charge in [0.1, 0.15) is 10.0 Å². The van der Waals surface area contributed by atoms with Crippen LogP contribution in [0.25, 0.3) is 10.6 Å². The van der Waals surface area contributed by atoms with Gasteiger partial charge < -0.3 is 5.73 Å². The Balaban J connectivity index is 1.91. The minimum Gasteiger partial charge on any atom is -0.318 e. The van der Waals surface area contributed by atoms with Gasteiger partial charge in [-0.25, -0.2) is 0 Å². The molecule has 0 amide bonds. The van der Waals surface area contributed by atoms with Crippen molar-refractivity contribution in [3.63, 3.8) is 0 Å². The Hall–Kier alpha value is -2.11. The van der Waals surface area contributed by atoms with Gasteiger partial charge in [0.15, 0.2) is 0 Å². The summed E-state index contributed by atoms with van der Waals surface area (Å²) in [5.41, 5.74) is 9.35. The summed E-state index contributed by atoms with van der Waals surface area (Å²) in [6.45, 7) is 2.01. The van der Waals surface area contributed by atoms with E-state index < -0.39 is 0 Å². The lowest BCUT2D eigenvalue weighted by atomic mass is 10.1. The van der Waals surface area contributed by atoms with Crippen molar-refractivity contribution in [2.75, 3.05) is 0 Å². The molecule has 3 aromatic rings. The maximum Gasteiger partial charge on any atom is 0.149 e. The summed E-state index contributed by atoms with van der Waals surface area (Å²) in [7, 11) is 0. The number of aromatic nitrogens is 3. The van der Waals surface area contributed by atoms with Crippen LogP contribution in [0.4, 0.5) is 0 Å². The van der Waals surface area contributed by atoms with Gasteiger partial charge in [0, 0.05) is 18.0 Å². The summed E-state index contributed by atoms with van der Waals surface area (Å²) < 4.78 is 0. The van der Waals surface area contributed by atoms with E-state index in [4.69, 9.17) is 5.73 Å². The lowest BCUT2D eigenvalue weighted by Crippen LogP contribution is -2.11. The second kappa shape index (κ2) is 5.48. The minimum absolute atomic E-state index is 0.236. The van der Waals surface area contributed by atoms with Gasteiger partial charge >= 0.3 is 0 Å². The van der Waals surface area contributed by atoms with Crippen molar-refractivity contribution in [1.29, 1.82) is 0 Å². The molecule has 20 heavy (non-hydrogen) atoms. The zero-order valence-corrected chi connectivity index (χ0v) is 11.8. The predicted molar refractivity (Wildman–Crippen MR) is 80.3 cm³/mol. The average molecular weight is 282 g/mol. The fraction of sp³-hybridized carbons (Fsp3) is 0.133. The third-order valence-electron chi connectivity index (χ3n) is 2.99. The molecule has 0 aliphatic rings. The van der Waals surface area contributed by atoms with E-state index in [0.717, 1.165) is 26.7 Å². The van der Waals surface area contributed by atoms with Gasteiger partial charge in [-0.15, -0.1) is 10.2 Å². The fourth-order valence-electron chi connectivity index (χ4n) is 1.95. The van der Waals surface area contributed by atoms with Gasteiger partial charge in [-0.05, 0) is 24.1 Å². The van der Waals surface area contributed by atoms with Crippen LogP contribution in [-0.4, -0.2) is 15.2 Å². The number of hydrogen-bond donors (Lipinski definition) is 1. The van der Waals surface area contributed by atoms with Crippen LogP contribution in [0.5, 0.6) is 0 Å². The minimum atomic E-state index is -0.236. The molecule has 100 valence electrons. The number of aryl methyl sites for hydroxylation is 1. The third-order valence-corrected chi connectivity index (χ3v) is 4.04. The SMILES string of the molecule is Cc1cncc(-c2nnc(C(N)c3ccccc3)s2)c1. The Morgan fingerprint density at radius 1 is 1.10 bits per heavy atom. The normalized spacial score (nSPS) is 12.3. The maximum absolute atomic E-state index is 6.23. The molecule has 5 heteroatoms. The smallest absolute Gasteiger partial charge is 0.149 e. The lowest BCUT2D eigenvalue weighted by molar-refractivity contribution is 0.831. The van der Waals surface area contributed by atoms with E-state index >= 15 is 0 Å². The molecule has 0 aliphatic heterocycles. The number of benzene rings is 1. The monoisotopic (exact) mass is 282 g/mol. The van der Waals surface area contributed by atoms with Crippen molar-refractivity contribution in [2.24, 2.45) is 5.73 Å². The molecule has 4 nitrogen and oxygen atoms in total. The van der Waals surface area contributed by atoms with Crippen LogP contribution >= 0.6 is 11.3 Å². The van der Waals surface area contributed by atoms with Crippen LogP contribution in [0.15, 0.2) is 48.8 Å². The molecule has 0 saturated heterocycles. The van der Waals surface area contributed by atoms with E-state index in [9.17, 15) is 0 Å². The molecule has 2 aromatic heterocycles. The molecule has 3 rings (SSSR count). The van der Waals surface area contributed by atoms with Gasteiger partial charge in [-0.3, -0.25) is 4.98 Å². The molecular weight excluding hydrogens is 268 g/mol. The molecule has 0 saturated carbocycles. The van der Waals surface area contributed by atoms with Gasteiger partial charge in [-0.1, -0.05) is 41.7 Å². The largest absolute Gasteiger partial charge is 0.318 e. The van der Waals surface area contributed by atoms with Crippen LogP contribution in [0.2, 0.25) is 0 Å². The first-order valence-corrected chi connectivity index (χ1v) is 7.11. The Morgan fingerprint density at radius 3 is 2.65 bits per heavy atom. The third kappa shape index (κ3) is 2.59. The number of pyridine rings is 1. The van der Waals surface area contributed by atoms with Crippen LogP contribution in [0, 0.1) is 6.92 Å². The Labute approximate surface area is 121 Å². The summed E-state index contributed by atoms with van der Waals surface area (Å²) in [4.78, 5) is 4.18. The number of nitrogens with two attached hydrogens (primary N) is 1. The van der Waals surface area contributed by atoms with Crippen molar-refractivity contribution < 1.29 is 0 Å². The van der Waals surface area contributed by atoms with Crippen LogP contribution in [0.1, 0.15) is 22.2 Å². The molecule has 0 spiro atoms. The summed E-state index contributed by atoms with van der Waals surface area (Å²) in [5.74, 6) is 0. The maximum atomic E-state index is 6.23. The zero-order valence-electron chi connectivity index (χ0n) is 11.0. The number of hydrogen-bond acceptors (Lipinski definition) is 5. The molecule has 0 fully saturated rings. The highest BCUT2D eigenvalue weighted by atomic mass is 32.1. The van der Waals surface area contributed by atoms with Crippen LogP contribution in [0.3, 0.4) is 0 Å². The second-order valence-electron chi connectivity index (χ2n) is 4.58. The van der Waals surface area contributed by atoms with E-state index in [1.165, 1.54) is 11.3 Å². The van der Waals surface area contributed by atoms with Crippen molar-refractivity contribution >= 4 is 11.3 Å². The molecular formula is C15H14N4S. The molecule has 1 unspecified atom stereocenters. The van der Waals surface area contributed by atoms with Crippen molar-refractivity contribution in [1.82, 2.24) is 15.2 Å². The zero-order chi connectivity index (χ0) is 13.9. The number of rotatable bonds is 3. The Kier molecular flexibility index (Phi) is 3.54. The van der Waals surface area contributed by atoms with Gasteiger partial charge in [0.25, 0.3) is 0 Å². The molecule has 0 aliphatic carbocycles. The highest BCUT2D eigenvalue weighted by molar-refractivity contribution is 7.14. The van der Waals surface area contributed by atoms with E-state index in [1.54, 1.807) is 6.20 Å². The first-order chi connectivity index (χ1) is 9.74. The second-order valence-corrected chi connectivity index (χ2v) is 5.59. The lowest BCUT2D eigenvalue weighted by Gasteiger charge is -2.06. The van der Waals surface area contributed by atoms with Crippen molar-refractivity contribution in [2.45, 2.75) is 13.0 Å². The van der Waals surface area contributed by atoms with Gasteiger partial charge in [-0.2, -0.15) is 0 Å². The van der Waals surface area contributed by atoms with Crippen molar-refractivity contribution in [3.8, 4) is 10.6 Å². The first-order valence-electron chi connectivity index (χ1n) is 6.30. The first kappa shape index (κ1) is 12.9. The standard InChI is InChI=1S/C15H14N4S/c1-10-7-12(9-17-8-10)14-18-19-15(20-14)13(16)11-5-3-2-4-6-11/h2-9,13H,16H2,1H3. The molecule has 0 bridgehead atoms. The van der Waals surface area contributed by atoms with Crippen LogP contribution in [-0.2, 0) is 0 Å². The predicted octanol–water partition coefficient (Wildman–Crippen LogP) is 2.96.